The molecule has 0 spiro atoms. The minimum atomic E-state index is -0.813. The first-order valence-corrected chi connectivity index (χ1v) is 13.5. The lowest BCUT2D eigenvalue weighted by Gasteiger charge is -2.32. The molecule has 0 amide bonds. The number of halogens is 1. The summed E-state index contributed by atoms with van der Waals surface area (Å²) in [4.78, 5) is 14.3. The summed E-state index contributed by atoms with van der Waals surface area (Å²) in [5.41, 5.74) is 4.32. The van der Waals surface area contributed by atoms with E-state index in [1.54, 1.807) is 0 Å². The third-order valence-corrected chi connectivity index (χ3v) is 7.56. The number of fused-ring (bicyclic) bond motifs is 1. The Balaban J connectivity index is 1.53. The largest absolute Gasteiger partial charge is 0.481 e. The summed E-state index contributed by atoms with van der Waals surface area (Å²) in [6.45, 7) is 2.06. The molecule has 1 aliphatic heterocycles. The molecular weight excluding hydrogens is 565 g/mol. The quantitative estimate of drug-likeness (QED) is 0.222. The van der Waals surface area contributed by atoms with Crippen LogP contribution in [0.1, 0.15) is 54.6 Å². The van der Waals surface area contributed by atoms with Crippen LogP contribution in [0.4, 0.5) is 0 Å². The fourth-order valence-corrected chi connectivity index (χ4v) is 5.66. The Bertz CT molecular complexity index is 1260. The molecule has 2 unspecified atom stereocenters. The van der Waals surface area contributed by atoms with Crippen LogP contribution < -0.4 is 0 Å². The highest BCUT2D eigenvalue weighted by Crippen LogP contribution is 2.34. The van der Waals surface area contributed by atoms with Gasteiger partial charge >= 0.3 is 5.97 Å². The maximum Gasteiger partial charge on any atom is 0.305 e. The molecule has 7 heteroatoms. The second-order valence-electron chi connectivity index (χ2n) is 9.32. The number of nitrogens with zero attached hydrogens (tertiary/aromatic N) is 3. The summed E-state index contributed by atoms with van der Waals surface area (Å²) in [5, 5.41) is 15.7. The van der Waals surface area contributed by atoms with Crippen LogP contribution >= 0.6 is 22.6 Å². The van der Waals surface area contributed by atoms with Gasteiger partial charge in [-0.2, -0.15) is 5.10 Å². The van der Waals surface area contributed by atoms with Gasteiger partial charge < -0.3 is 9.84 Å². The molecule has 4 aromatic rings. The zero-order chi connectivity index (χ0) is 24.9. The number of carboxylic acid groups (broad SMARTS) is 1. The molecule has 2 atom stereocenters. The number of benzene rings is 3. The van der Waals surface area contributed by atoms with Crippen LogP contribution in [-0.2, 0) is 22.6 Å². The van der Waals surface area contributed by atoms with Gasteiger partial charge in [-0.25, -0.2) is 4.68 Å². The van der Waals surface area contributed by atoms with Crippen molar-refractivity contribution >= 4 is 39.5 Å². The number of hydrogen-bond acceptors (Lipinski definition) is 4. The van der Waals surface area contributed by atoms with Crippen LogP contribution in [0.3, 0.4) is 0 Å². The van der Waals surface area contributed by atoms with Gasteiger partial charge in [-0.1, -0.05) is 66.7 Å². The van der Waals surface area contributed by atoms with Crippen LogP contribution in [0, 0.1) is 3.70 Å². The number of carboxylic acids is 1. The number of aromatic nitrogens is 2. The van der Waals surface area contributed by atoms with E-state index in [1.165, 1.54) is 0 Å². The van der Waals surface area contributed by atoms with Crippen molar-refractivity contribution in [2.45, 2.75) is 51.0 Å². The molecule has 1 aliphatic rings. The number of carbonyl (C=O) groups is 1. The van der Waals surface area contributed by atoms with E-state index >= 15 is 0 Å². The van der Waals surface area contributed by atoms with Gasteiger partial charge in [0.1, 0.15) is 3.70 Å². The monoisotopic (exact) mass is 595 g/mol. The summed E-state index contributed by atoms with van der Waals surface area (Å²) in [6.07, 6.45) is 3.15. The summed E-state index contributed by atoms with van der Waals surface area (Å²) in [6, 6.07) is 26.5. The fourth-order valence-electron chi connectivity index (χ4n) is 5.00. The predicted octanol–water partition coefficient (Wildman–Crippen LogP) is 6.56. The lowest BCUT2D eigenvalue weighted by Crippen LogP contribution is -2.30. The Hall–Kier alpha value is -2.75. The van der Waals surface area contributed by atoms with Gasteiger partial charge in [-0.15, -0.1) is 0 Å². The molecule has 0 aliphatic carbocycles. The third-order valence-electron chi connectivity index (χ3n) is 6.76. The first-order chi connectivity index (χ1) is 17.6. The minimum absolute atomic E-state index is 0.0155. The van der Waals surface area contributed by atoms with Crippen LogP contribution in [0.2, 0.25) is 0 Å². The van der Waals surface area contributed by atoms with E-state index in [-0.39, 0.29) is 18.7 Å². The number of ether oxygens (including phenoxy) is 1. The summed E-state index contributed by atoms with van der Waals surface area (Å²) in [7, 11) is 0. The van der Waals surface area contributed by atoms with Gasteiger partial charge in [0.05, 0.1) is 11.9 Å². The topological polar surface area (TPSA) is 67.6 Å². The summed E-state index contributed by atoms with van der Waals surface area (Å²) < 4.78 is 8.90. The van der Waals surface area contributed by atoms with Gasteiger partial charge in [-0.3, -0.25) is 9.69 Å². The van der Waals surface area contributed by atoms with Crippen LogP contribution in [0.5, 0.6) is 0 Å². The highest BCUT2D eigenvalue weighted by molar-refractivity contribution is 14.1. The van der Waals surface area contributed by atoms with Crippen molar-refractivity contribution in [1.29, 1.82) is 0 Å². The number of rotatable bonds is 9. The fraction of sp³-hybridized carbons (Fsp3) is 0.310. The molecule has 186 valence electrons. The summed E-state index contributed by atoms with van der Waals surface area (Å²) in [5.74, 6) is -0.813. The first kappa shape index (κ1) is 24.9. The Labute approximate surface area is 225 Å². The Kier molecular flexibility index (Phi) is 7.99. The molecule has 36 heavy (non-hydrogen) atoms. The Morgan fingerprint density at radius 1 is 1.03 bits per heavy atom. The first-order valence-electron chi connectivity index (χ1n) is 12.4. The van der Waals surface area contributed by atoms with Gasteiger partial charge in [0.25, 0.3) is 0 Å². The zero-order valence-electron chi connectivity index (χ0n) is 20.1. The van der Waals surface area contributed by atoms with Crippen molar-refractivity contribution in [1.82, 2.24) is 14.7 Å². The van der Waals surface area contributed by atoms with Crippen LogP contribution in [0.15, 0.2) is 78.9 Å². The third kappa shape index (κ3) is 5.79. The van der Waals surface area contributed by atoms with E-state index in [0.717, 1.165) is 57.2 Å². The van der Waals surface area contributed by atoms with Gasteiger partial charge in [0.2, 0.25) is 0 Å². The Morgan fingerprint density at radius 3 is 2.28 bits per heavy atom. The molecule has 1 saturated heterocycles. The van der Waals surface area contributed by atoms with E-state index < -0.39 is 5.97 Å². The normalized spacial score (nSPS) is 16.9. The average molecular weight is 595 g/mol. The second-order valence-corrected chi connectivity index (χ2v) is 10.3. The molecule has 2 heterocycles. The average Bonchev–Trinajstić information content (AvgIpc) is 3.24. The maximum atomic E-state index is 12.1. The molecule has 1 fully saturated rings. The molecule has 5 rings (SSSR count). The highest BCUT2D eigenvalue weighted by Gasteiger charge is 2.26. The Morgan fingerprint density at radius 2 is 1.69 bits per heavy atom. The summed E-state index contributed by atoms with van der Waals surface area (Å²) >= 11 is 2.28. The predicted molar refractivity (Wildman–Crippen MR) is 148 cm³/mol. The van der Waals surface area contributed by atoms with Crippen molar-refractivity contribution in [3.05, 3.63) is 99.3 Å². The molecule has 1 N–H and O–H groups in total. The highest BCUT2D eigenvalue weighted by atomic mass is 127. The van der Waals surface area contributed by atoms with Crippen molar-refractivity contribution in [2.24, 2.45) is 0 Å². The van der Waals surface area contributed by atoms with Crippen molar-refractivity contribution in [2.75, 3.05) is 6.61 Å². The maximum absolute atomic E-state index is 12.1. The number of hydrogen-bond donors (Lipinski definition) is 1. The molecule has 0 bridgehead atoms. The molecule has 0 saturated carbocycles. The molecule has 0 radical (unpaired) electrons. The minimum Gasteiger partial charge on any atom is -0.481 e. The van der Waals surface area contributed by atoms with E-state index in [0.29, 0.717) is 13.1 Å². The SMILES string of the molecule is O=C(O)CC(c1ccc2c(c1)c(I)nn2C1CCCCO1)N(Cc1ccccc1)Cc1ccccc1. The van der Waals surface area contributed by atoms with Crippen molar-refractivity contribution < 1.29 is 14.6 Å². The zero-order valence-corrected chi connectivity index (χ0v) is 22.3. The molecular formula is C29H30IN3O3. The van der Waals surface area contributed by atoms with E-state index in [9.17, 15) is 9.90 Å². The van der Waals surface area contributed by atoms with Crippen molar-refractivity contribution in [3.8, 4) is 0 Å². The second kappa shape index (κ2) is 11.5. The smallest absolute Gasteiger partial charge is 0.305 e. The van der Waals surface area contributed by atoms with Crippen LogP contribution in [-0.4, -0.2) is 32.4 Å². The van der Waals surface area contributed by atoms with Gasteiger partial charge in [-0.05, 0) is 70.7 Å². The van der Waals surface area contributed by atoms with Gasteiger partial charge in [0, 0.05) is 31.1 Å². The van der Waals surface area contributed by atoms with E-state index in [2.05, 4.69) is 70.0 Å². The van der Waals surface area contributed by atoms with E-state index in [4.69, 9.17) is 9.84 Å². The lowest BCUT2D eigenvalue weighted by molar-refractivity contribution is -0.138. The van der Waals surface area contributed by atoms with Crippen LogP contribution in [0.25, 0.3) is 10.9 Å². The van der Waals surface area contributed by atoms with Gasteiger partial charge in [0.15, 0.2) is 6.23 Å². The molecule has 1 aromatic heterocycles. The standard InChI is InChI=1S/C29H30IN3O3/c30-29-24-17-23(14-15-25(24)33(31-29)27-13-7-8-16-36-27)26(18-28(34)35)32(19-21-9-3-1-4-10-21)20-22-11-5-2-6-12-22/h1-6,9-12,14-15,17,26-27H,7-8,13,16,18-20H2,(H,34,35). The lowest BCUT2D eigenvalue weighted by atomic mass is 9.98. The number of aliphatic carboxylic acids is 1. The van der Waals surface area contributed by atoms with E-state index in [1.807, 2.05) is 41.1 Å². The van der Waals surface area contributed by atoms with Crippen molar-refractivity contribution in [3.63, 3.8) is 0 Å². The molecule has 6 nitrogen and oxygen atoms in total. The molecule has 3 aromatic carbocycles.